The predicted molar refractivity (Wildman–Crippen MR) is 109 cm³/mol. The number of aliphatic hydroxyl groups excluding tert-OH is 1. The van der Waals surface area contributed by atoms with Gasteiger partial charge in [0.25, 0.3) is 0 Å². The van der Waals surface area contributed by atoms with Crippen molar-refractivity contribution < 1.29 is 14.0 Å². The van der Waals surface area contributed by atoms with Gasteiger partial charge in [-0.25, -0.2) is 0 Å². The summed E-state index contributed by atoms with van der Waals surface area (Å²) in [5.41, 5.74) is 0. The van der Waals surface area contributed by atoms with Crippen LogP contribution in [0.4, 0.5) is 0 Å². The maximum Gasteiger partial charge on any atom is 0.192 e. The standard InChI is InChI=1S/C19H42O3Si2/c1-18(2,3)23(7,8)21-16-12-11-15(14-20)13-17(16)22-24(9,10)19(4,5)6/h15-17,20H,11-14H2,1-10H3/t15-,16-,17-/m1/s1. The summed E-state index contributed by atoms with van der Waals surface area (Å²) in [7, 11) is -3.66. The summed E-state index contributed by atoms with van der Waals surface area (Å²) in [4.78, 5) is 0. The highest BCUT2D eigenvalue weighted by Crippen LogP contribution is 2.43. The topological polar surface area (TPSA) is 38.7 Å². The summed E-state index contributed by atoms with van der Waals surface area (Å²) < 4.78 is 13.5. The largest absolute Gasteiger partial charge is 0.411 e. The van der Waals surface area contributed by atoms with Crippen LogP contribution >= 0.6 is 0 Å². The SMILES string of the molecule is CC(C)(C)[Si](C)(C)O[C@@H]1CC[C@@H](CO)C[C@H]1O[Si](C)(C)C(C)(C)C. The molecule has 0 amide bonds. The summed E-state index contributed by atoms with van der Waals surface area (Å²) in [6.45, 7) is 23.3. The van der Waals surface area contributed by atoms with E-state index in [1.54, 1.807) is 0 Å². The van der Waals surface area contributed by atoms with Crippen LogP contribution in [-0.2, 0) is 8.85 Å². The Kier molecular flexibility index (Phi) is 7.00. The van der Waals surface area contributed by atoms with Crippen molar-refractivity contribution in [1.82, 2.24) is 0 Å². The lowest BCUT2D eigenvalue weighted by molar-refractivity contribution is -0.0192. The average molecular weight is 375 g/mol. The highest BCUT2D eigenvalue weighted by Gasteiger charge is 2.46. The third-order valence-corrected chi connectivity index (χ3v) is 15.6. The molecule has 1 aliphatic rings. The van der Waals surface area contributed by atoms with E-state index in [1.165, 1.54) is 0 Å². The summed E-state index contributed by atoms with van der Waals surface area (Å²) in [6.07, 6.45) is 3.31. The van der Waals surface area contributed by atoms with Gasteiger partial charge in [-0.2, -0.15) is 0 Å². The molecule has 24 heavy (non-hydrogen) atoms. The van der Waals surface area contributed by atoms with Gasteiger partial charge in [0.05, 0.1) is 12.2 Å². The van der Waals surface area contributed by atoms with Gasteiger partial charge in [0.2, 0.25) is 0 Å². The zero-order chi connectivity index (χ0) is 19.0. The molecule has 5 heteroatoms. The van der Waals surface area contributed by atoms with Crippen LogP contribution in [-0.4, -0.2) is 40.6 Å². The Labute approximate surface area is 152 Å². The van der Waals surface area contributed by atoms with Gasteiger partial charge in [0.15, 0.2) is 16.6 Å². The molecule has 0 bridgehead atoms. The molecular formula is C19H42O3Si2. The van der Waals surface area contributed by atoms with Crippen molar-refractivity contribution in [3.63, 3.8) is 0 Å². The first-order valence-electron chi connectivity index (χ1n) is 9.57. The number of hydrogen-bond donors (Lipinski definition) is 1. The molecule has 1 aliphatic carbocycles. The number of rotatable bonds is 5. The van der Waals surface area contributed by atoms with Gasteiger partial charge in [0, 0.05) is 6.61 Å². The van der Waals surface area contributed by atoms with Gasteiger partial charge in [-0.15, -0.1) is 0 Å². The van der Waals surface area contributed by atoms with Crippen molar-refractivity contribution in [2.45, 2.75) is 109 Å². The van der Waals surface area contributed by atoms with E-state index in [0.717, 1.165) is 19.3 Å². The van der Waals surface area contributed by atoms with E-state index in [-0.39, 0.29) is 28.9 Å². The first kappa shape index (κ1) is 22.4. The summed E-state index contributed by atoms with van der Waals surface area (Å²) >= 11 is 0. The first-order chi connectivity index (χ1) is 10.6. The summed E-state index contributed by atoms with van der Waals surface area (Å²) in [6, 6.07) is 0. The highest BCUT2D eigenvalue weighted by molar-refractivity contribution is 6.74. The minimum Gasteiger partial charge on any atom is -0.411 e. The van der Waals surface area contributed by atoms with Gasteiger partial charge < -0.3 is 14.0 Å². The minimum absolute atomic E-state index is 0.130. The van der Waals surface area contributed by atoms with Crippen molar-refractivity contribution in [3.8, 4) is 0 Å². The molecule has 0 radical (unpaired) electrons. The number of hydrogen-bond acceptors (Lipinski definition) is 3. The van der Waals surface area contributed by atoms with Gasteiger partial charge in [-0.3, -0.25) is 0 Å². The van der Waals surface area contributed by atoms with Gasteiger partial charge in [-0.05, 0) is 61.4 Å². The maximum absolute atomic E-state index is 9.64. The molecule has 144 valence electrons. The molecule has 1 saturated carbocycles. The molecule has 0 saturated heterocycles. The highest BCUT2D eigenvalue weighted by atomic mass is 28.4. The summed E-state index contributed by atoms with van der Waals surface area (Å²) in [5.74, 6) is 0.360. The molecule has 1 fully saturated rings. The van der Waals surface area contributed by atoms with E-state index < -0.39 is 16.6 Å². The maximum atomic E-state index is 9.64. The van der Waals surface area contributed by atoms with Crippen LogP contribution in [0.1, 0.15) is 60.8 Å². The zero-order valence-corrected chi connectivity index (χ0v) is 19.8. The molecule has 3 nitrogen and oxygen atoms in total. The quantitative estimate of drug-likeness (QED) is 0.640. The molecule has 1 N–H and O–H groups in total. The first-order valence-corrected chi connectivity index (χ1v) is 15.4. The molecule has 0 unspecified atom stereocenters. The van der Waals surface area contributed by atoms with Crippen molar-refractivity contribution in [1.29, 1.82) is 0 Å². The Morgan fingerprint density at radius 2 is 1.21 bits per heavy atom. The molecule has 0 aromatic rings. The van der Waals surface area contributed by atoms with E-state index in [0.29, 0.717) is 5.92 Å². The molecule has 0 aromatic heterocycles. The van der Waals surface area contributed by atoms with Crippen molar-refractivity contribution in [2.24, 2.45) is 5.92 Å². The molecule has 0 spiro atoms. The van der Waals surface area contributed by atoms with Gasteiger partial charge in [-0.1, -0.05) is 41.5 Å². The van der Waals surface area contributed by atoms with Crippen LogP contribution < -0.4 is 0 Å². The lowest BCUT2D eigenvalue weighted by Crippen LogP contribution is -2.53. The van der Waals surface area contributed by atoms with E-state index in [2.05, 4.69) is 67.7 Å². The third kappa shape index (κ3) is 5.40. The molecule has 0 heterocycles. The fourth-order valence-electron chi connectivity index (χ4n) is 2.72. The predicted octanol–water partition coefficient (Wildman–Crippen LogP) is 5.56. The second kappa shape index (κ2) is 7.51. The van der Waals surface area contributed by atoms with Crippen LogP contribution in [0.5, 0.6) is 0 Å². The Bertz CT molecular complexity index is 408. The zero-order valence-electron chi connectivity index (χ0n) is 17.8. The van der Waals surface area contributed by atoms with Crippen LogP contribution in [0.25, 0.3) is 0 Å². The monoisotopic (exact) mass is 374 g/mol. The second-order valence-corrected chi connectivity index (χ2v) is 20.2. The summed E-state index contributed by atoms with van der Waals surface area (Å²) in [5, 5.41) is 10.0. The molecule has 1 rings (SSSR count). The third-order valence-electron chi connectivity index (χ3n) is 6.60. The lowest BCUT2D eigenvalue weighted by atomic mass is 9.86. The lowest BCUT2D eigenvalue weighted by Gasteiger charge is -2.47. The van der Waals surface area contributed by atoms with Crippen LogP contribution in [0.15, 0.2) is 0 Å². The number of aliphatic hydroxyl groups is 1. The average Bonchev–Trinajstić information content (AvgIpc) is 2.37. The Morgan fingerprint density at radius 1 is 0.792 bits per heavy atom. The van der Waals surface area contributed by atoms with E-state index in [1.807, 2.05) is 0 Å². The minimum atomic E-state index is -1.84. The van der Waals surface area contributed by atoms with Gasteiger partial charge in [0.1, 0.15) is 0 Å². The van der Waals surface area contributed by atoms with Crippen molar-refractivity contribution >= 4 is 16.6 Å². The molecule has 0 aliphatic heterocycles. The fraction of sp³-hybridized carbons (Fsp3) is 1.00. The molecule has 3 atom stereocenters. The van der Waals surface area contributed by atoms with Crippen LogP contribution in [0.3, 0.4) is 0 Å². The molecule has 0 aromatic carbocycles. The van der Waals surface area contributed by atoms with Gasteiger partial charge >= 0.3 is 0 Å². The molecular weight excluding hydrogens is 332 g/mol. The van der Waals surface area contributed by atoms with Crippen LogP contribution in [0.2, 0.25) is 36.3 Å². The van der Waals surface area contributed by atoms with Crippen molar-refractivity contribution in [3.05, 3.63) is 0 Å². The Hall–Kier alpha value is 0.314. The van der Waals surface area contributed by atoms with Crippen LogP contribution in [0, 0.1) is 5.92 Å². The second-order valence-electron chi connectivity index (χ2n) is 10.7. The normalized spacial score (nSPS) is 27.4. The Morgan fingerprint density at radius 3 is 1.58 bits per heavy atom. The van der Waals surface area contributed by atoms with E-state index >= 15 is 0 Å². The fourth-order valence-corrected chi connectivity index (χ4v) is 5.46. The van der Waals surface area contributed by atoms with E-state index in [4.69, 9.17) is 8.85 Å². The smallest absolute Gasteiger partial charge is 0.192 e. The van der Waals surface area contributed by atoms with E-state index in [9.17, 15) is 5.11 Å². The Balaban J connectivity index is 2.96. The van der Waals surface area contributed by atoms with Crippen molar-refractivity contribution in [2.75, 3.05) is 6.61 Å².